The Morgan fingerprint density at radius 3 is 2.90 bits per heavy atom. The minimum absolute atomic E-state index is 0.0898. The number of hydrogen-bond acceptors (Lipinski definition) is 5. The number of hydrogen-bond donors (Lipinski definition) is 3. The number of amides is 1. The maximum absolute atomic E-state index is 12.0. The minimum atomic E-state index is -0.487. The molecule has 20 heavy (non-hydrogen) atoms. The average Bonchev–Trinajstić information content (AvgIpc) is 2.86. The predicted octanol–water partition coefficient (Wildman–Crippen LogP) is 1.98. The third kappa shape index (κ3) is 2.72. The Morgan fingerprint density at radius 1 is 1.55 bits per heavy atom. The molecule has 7 nitrogen and oxygen atoms in total. The molecule has 0 fully saturated rings. The van der Waals surface area contributed by atoms with Gasteiger partial charge in [-0.05, 0) is 25.1 Å². The standard InChI is InChI=1S/C12H11ClN4O3/c1-6-10(20-5-15-6)12(18)16-9-4-7(11(14)17-19)2-3-8(9)13/h2-5,19H,1H3,(H2,14,17)(H,16,18). The van der Waals surface area contributed by atoms with Crippen molar-refractivity contribution in [1.82, 2.24) is 4.98 Å². The predicted molar refractivity (Wildman–Crippen MR) is 73.2 cm³/mol. The zero-order valence-corrected chi connectivity index (χ0v) is 11.2. The lowest BCUT2D eigenvalue weighted by Gasteiger charge is -2.08. The SMILES string of the molecule is Cc1ncoc1C(=O)Nc1cc(/C(N)=N/O)ccc1Cl. The Morgan fingerprint density at radius 2 is 2.30 bits per heavy atom. The molecule has 0 aliphatic rings. The van der Waals surface area contributed by atoms with Gasteiger partial charge in [0.05, 0.1) is 16.4 Å². The summed E-state index contributed by atoms with van der Waals surface area (Å²) in [6, 6.07) is 4.57. The van der Waals surface area contributed by atoms with Crippen molar-refractivity contribution in [2.75, 3.05) is 5.32 Å². The highest BCUT2D eigenvalue weighted by atomic mass is 35.5. The van der Waals surface area contributed by atoms with Gasteiger partial charge >= 0.3 is 0 Å². The number of anilines is 1. The number of benzene rings is 1. The minimum Gasteiger partial charge on any atom is -0.438 e. The highest BCUT2D eigenvalue weighted by Gasteiger charge is 2.16. The Balaban J connectivity index is 2.29. The fraction of sp³-hybridized carbons (Fsp3) is 0.0833. The quantitative estimate of drug-likeness (QED) is 0.347. The van der Waals surface area contributed by atoms with Gasteiger partial charge in [0.15, 0.2) is 12.2 Å². The number of carbonyl (C=O) groups is 1. The van der Waals surface area contributed by atoms with Gasteiger partial charge < -0.3 is 20.7 Å². The van der Waals surface area contributed by atoms with E-state index in [9.17, 15) is 4.79 Å². The highest BCUT2D eigenvalue weighted by molar-refractivity contribution is 6.34. The van der Waals surface area contributed by atoms with Gasteiger partial charge in [0, 0.05) is 5.56 Å². The van der Waals surface area contributed by atoms with Crippen LogP contribution in [0.3, 0.4) is 0 Å². The molecule has 0 radical (unpaired) electrons. The largest absolute Gasteiger partial charge is 0.438 e. The number of nitrogens with one attached hydrogen (secondary N) is 1. The molecule has 1 aromatic heterocycles. The van der Waals surface area contributed by atoms with E-state index in [1.807, 2.05) is 0 Å². The van der Waals surface area contributed by atoms with Crippen molar-refractivity contribution in [3.8, 4) is 0 Å². The number of nitrogens with two attached hydrogens (primary N) is 1. The fourth-order valence-corrected chi connectivity index (χ4v) is 1.70. The van der Waals surface area contributed by atoms with Crippen molar-refractivity contribution >= 4 is 29.0 Å². The molecule has 0 aliphatic heterocycles. The maximum atomic E-state index is 12.0. The summed E-state index contributed by atoms with van der Waals surface area (Å²) in [6.07, 6.45) is 1.18. The van der Waals surface area contributed by atoms with Crippen LogP contribution in [0.2, 0.25) is 5.02 Å². The van der Waals surface area contributed by atoms with Gasteiger partial charge in [-0.15, -0.1) is 0 Å². The first-order chi connectivity index (χ1) is 9.52. The van der Waals surface area contributed by atoms with E-state index in [0.29, 0.717) is 22.0 Å². The molecule has 0 saturated carbocycles. The molecule has 4 N–H and O–H groups in total. The lowest BCUT2D eigenvalue weighted by molar-refractivity contribution is 0.0996. The molecule has 0 spiro atoms. The topological polar surface area (TPSA) is 114 Å². The van der Waals surface area contributed by atoms with E-state index in [1.54, 1.807) is 13.0 Å². The number of nitrogens with zero attached hydrogens (tertiary/aromatic N) is 2. The molecule has 0 bridgehead atoms. The van der Waals surface area contributed by atoms with Crippen molar-refractivity contribution in [2.24, 2.45) is 10.9 Å². The number of oxime groups is 1. The van der Waals surface area contributed by atoms with Gasteiger partial charge in [0.25, 0.3) is 5.91 Å². The summed E-state index contributed by atoms with van der Waals surface area (Å²) in [7, 11) is 0. The first-order valence-corrected chi connectivity index (χ1v) is 5.89. The second-order valence-electron chi connectivity index (χ2n) is 3.90. The first-order valence-electron chi connectivity index (χ1n) is 5.52. The Labute approximate surface area is 119 Å². The smallest absolute Gasteiger partial charge is 0.293 e. The number of amidine groups is 1. The van der Waals surface area contributed by atoms with Crippen LogP contribution >= 0.6 is 11.6 Å². The maximum Gasteiger partial charge on any atom is 0.293 e. The molecule has 8 heteroatoms. The average molecular weight is 295 g/mol. The molecule has 1 heterocycles. The highest BCUT2D eigenvalue weighted by Crippen LogP contribution is 2.24. The molecule has 0 unspecified atom stereocenters. The summed E-state index contributed by atoms with van der Waals surface area (Å²) >= 11 is 5.99. The van der Waals surface area contributed by atoms with Crippen molar-refractivity contribution in [3.05, 3.63) is 46.6 Å². The van der Waals surface area contributed by atoms with E-state index >= 15 is 0 Å². The molecule has 1 aromatic carbocycles. The van der Waals surface area contributed by atoms with Crippen LogP contribution < -0.4 is 11.1 Å². The number of aryl methyl sites for hydroxylation is 1. The molecule has 0 atom stereocenters. The summed E-state index contributed by atoms with van der Waals surface area (Å²) in [6.45, 7) is 1.65. The van der Waals surface area contributed by atoms with Crippen LogP contribution in [0.5, 0.6) is 0 Å². The molecular weight excluding hydrogens is 284 g/mol. The van der Waals surface area contributed by atoms with Crippen LogP contribution in [0.1, 0.15) is 21.8 Å². The van der Waals surface area contributed by atoms with Crippen LogP contribution in [0, 0.1) is 6.92 Å². The van der Waals surface area contributed by atoms with Crippen molar-refractivity contribution in [3.63, 3.8) is 0 Å². The van der Waals surface area contributed by atoms with E-state index < -0.39 is 5.91 Å². The molecule has 1 amide bonds. The lowest BCUT2D eigenvalue weighted by atomic mass is 10.2. The van der Waals surface area contributed by atoms with Crippen LogP contribution in [0.15, 0.2) is 34.2 Å². The second-order valence-corrected chi connectivity index (χ2v) is 4.31. The zero-order valence-electron chi connectivity index (χ0n) is 10.4. The summed E-state index contributed by atoms with van der Waals surface area (Å²) in [5.74, 6) is -0.484. The molecule has 2 rings (SSSR count). The first kappa shape index (κ1) is 13.9. The van der Waals surface area contributed by atoms with E-state index in [4.69, 9.17) is 27.0 Å². The van der Waals surface area contributed by atoms with Gasteiger partial charge in [-0.25, -0.2) is 4.98 Å². The van der Waals surface area contributed by atoms with Crippen LogP contribution in [-0.4, -0.2) is 21.9 Å². The summed E-state index contributed by atoms with van der Waals surface area (Å²) in [4.78, 5) is 15.8. The van der Waals surface area contributed by atoms with Gasteiger partial charge in [0.2, 0.25) is 5.76 Å². The van der Waals surface area contributed by atoms with Gasteiger partial charge in [0.1, 0.15) is 0 Å². The van der Waals surface area contributed by atoms with Gasteiger partial charge in [-0.1, -0.05) is 16.8 Å². The lowest BCUT2D eigenvalue weighted by Crippen LogP contribution is -2.16. The van der Waals surface area contributed by atoms with Crippen molar-refractivity contribution in [2.45, 2.75) is 6.92 Å². The Kier molecular flexibility index (Phi) is 3.90. The number of oxazole rings is 1. The Hall–Kier alpha value is -2.54. The molecule has 0 aliphatic carbocycles. The fourth-order valence-electron chi connectivity index (χ4n) is 1.54. The van der Waals surface area contributed by atoms with Gasteiger partial charge in [-0.3, -0.25) is 4.79 Å². The molecule has 0 saturated heterocycles. The normalized spacial score (nSPS) is 11.4. The number of carbonyl (C=O) groups excluding carboxylic acids is 1. The zero-order chi connectivity index (χ0) is 14.7. The number of aromatic nitrogens is 1. The van der Waals surface area contributed by atoms with Gasteiger partial charge in [-0.2, -0.15) is 0 Å². The van der Waals surface area contributed by atoms with E-state index in [2.05, 4.69) is 15.5 Å². The van der Waals surface area contributed by atoms with E-state index in [1.165, 1.54) is 18.5 Å². The number of halogens is 1. The summed E-state index contributed by atoms with van der Waals surface area (Å²) in [5.41, 5.74) is 6.68. The van der Waals surface area contributed by atoms with Crippen LogP contribution in [-0.2, 0) is 0 Å². The summed E-state index contributed by atoms with van der Waals surface area (Å²) < 4.78 is 4.98. The monoisotopic (exact) mass is 294 g/mol. The van der Waals surface area contributed by atoms with Crippen molar-refractivity contribution < 1.29 is 14.4 Å². The Bertz CT molecular complexity index is 681. The van der Waals surface area contributed by atoms with Crippen LogP contribution in [0.25, 0.3) is 0 Å². The molecule has 2 aromatic rings. The van der Waals surface area contributed by atoms with E-state index in [0.717, 1.165) is 0 Å². The third-order valence-electron chi connectivity index (χ3n) is 2.57. The number of rotatable bonds is 3. The van der Waals surface area contributed by atoms with E-state index in [-0.39, 0.29) is 11.6 Å². The third-order valence-corrected chi connectivity index (χ3v) is 2.90. The van der Waals surface area contributed by atoms with Crippen LogP contribution in [0.4, 0.5) is 5.69 Å². The van der Waals surface area contributed by atoms with Crippen molar-refractivity contribution in [1.29, 1.82) is 0 Å². The second kappa shape index (κ2) is 5.62. The summed E-state index contributed by atoms with van der Waals surface area (Å²) in [5, 5.41) is 14.4. The molecule has 104 valence electrons. The molecular formula is C12H11ClN4O3.